The fourth-order valence-corrected chi connectivity index (χ4v) is 4.50. The number of carbonyl (C=O) groups is 2. The number of aryl methyl sites for hydroxylation is 2. The standard InChI is InChI=1S/C23H29NO6S/c1-6-29-19-7-9-20(10-8-19)31(27,28)24-12-11-22(26)30-14-21-15(2)13-16(3)23(17(21)4)18(5)25/h7-10,13,24H,6,11-12,14H2,1-5H3. The van der Waals surface area contributed by atoms with Crippen molar-refractivity contribution in [1.82, 2.24) is 4.72 Å². The van der Waals surface area contributed by atoms with Crippen molar-refractivity contribution in [1.29, 1.82) is 0 Å². The Kier molecular flexibility index (Phi) is 8.36. The molecule has 0 heterocycles. The van der Waals surface area contributed by atoms with Crippen molar-refractivity contribution in [3.63, 3.8) is 0 Å². The molecule has 0 spiro atoms. The van der Waals surface area contributed by atoms with Gasteiger partial charge >= 0.3 is 5.97 Å². The van der Waals surface area contributed by atoms with E-state index >= 15 is 0 Å². The molecule has 2 rings (SSSR count). The van der Waals surface area contributed by atoms with Gasteiger partial charge in [0, 0.05) is 12.1 Å². The van der Waals surface area contributed by atoms with Crippen molar-refractivity contribution < 1.29 is 27.5 Å². The zero-order valence-electron chi connectivity index (χ0n) is 18.6. The van der Waals surface area contributed by atoms with Crippen molar-refractivity contribution in [3.05, 3.63) is 58.1 Å². The lowest BCUT2D eigenvalue weighted by Crippen LogP contribution is -2.26. The van der Waals surface area contributed by atoms with Crippen LogP contribution in [0.25, 0.3) is 0 Å². The van der Waals surface area contributed by atoms with Gasteiger partial charge in [0.1, 0.15) is 12.4 Å². The van der Waals surface area contributed by atoms with E-state index in [-0.39, 0.29) is 30.3 Å². The number of carbonyl (C=O) groups excluding carboxylic acids is 2. The Labute approximate surface area is 183 Å². The molecule has 0 aliphatic rings. The summed E-state index contributed by atoms with van der Waals surface area (Å²) in [5.41, 5.74) is 4.05. The Bertz CT molecular complexity index is 1060. The van der Waals surface area contributed by atoms with Crippen LogP contribution in [-0.2, 0) is 26.2 Å². The van der Waals surface area contributed by atoms with E-state index in [1.54, 1.807) is 12.1 Å². The maximum atomic E-state index is 12.3. The summed E-state index contributed by atoms with van der Waals surface area (Å²) in [6, 6.07) is 7.95. The third kappa shape index (κ3) is 6.38. The van der Waals surface area contributed by atoms with Gasteiger partial charge < -0.3 is 9.47 Å². The minimum absolute atomic E-state index is 0.0305. The van der Waals surface area contributed by atoms with Crippen LogP contribution in [0.5, 0.6) is 5.75 Å². The summed E-state index contributed by atoms with van der Waals surface area (Å²) in [5, 5.41) is 0. The van der Waals surface area contributed by atoms with E-state index in [4.69, 9.17) is 9.47 Å². The fraction of sp³-hybridized carbons (Fsp3) is 0.391. The monoisotopic (exact) mass is 447 g/mol. The normalized spacial score (nSPS) is 11.3. The molecule has 0 fully saturated rings. The van der Waals surface area contributed by atoms with E-state index in [1.807, 2.05) is 33.8 Å². The average molecular weight is 448 g/mol. The lowest BCUT2D eigenvalue weighted by Gasteiger charge is -2.16. The van der Waals surface area contributed by atoms with Crippen molar-refractivity contribution in [3.8, 4) is 5.75 Å². The highest BCUT2D eigenvalue weighted by Crippen LogP contribution is 2.23. The molecule has 2 aromatic carbocycles. The number of sulfonamides is 1. The van der Waals surface area contributed by atoms with E-state index in [9.17, 15) is 18.0 Å². The Hall–Kier alpha value is -2.71. The first-order valence-electron chi connectivity index (χ1n) is 10.1. The highest BCUT2D eigenvalue weighted by molar-refractivity contribution is 7.89. The van der Waals surface area contributed by atoms with E-state index in [0.717, 1.165) is 22.3 Å². The molecule has 0 saturated heterocycles. The molecule has 0 saturated carbocycles. The van der Waals surface area contributed by atoms with Gasteiger partial charge in [0.05, 0.1) is 17.9 Å². The van der Waals surface area contributed by atoms with Gasteiger partial charge in [-0.25, -0.2) is 13.1 Å². The molecule has 168 valence electrons. The molecule has 0 bridgehead atoms. The predicted octanol–water partition coefficient (Wildman–Crippen LogP) is 3.62. The Balaban J connectivity index is 1.93. The van der Waals surface area contributed by atoms with Crippen LogP contribution >= 0.6 is 0 Å². The SMILES string of the molecule is CCOc1ccc(S(=O)(=O)NCCC(=O)OCc2c(C)cc(C)c(C(C)=O)c2C)cc1. The Morgan fingerprint density at radius 1 is 1.03 bits per heavy atom. The van der Waals surface area contributed by atoms with Crippen LogP contribution < -0.4 is 9.46 Å². The minimum Gasteiger partial charge on any atom is -0.494 e. The van der Waals surface area contributed by atoms with E-state index < -0.39 is 16.0 Å². The van der Waals surface area contributed by atoms with E-state index in [0.29, 0.717) is 17.9 Å². The summed E-state index contributed by atoms with van der Waals surface area (Å²) < 4.78 is 37.7. The molecule has 7 nitrogen and oxygen atoms in total. The highest BCUT2D eigenvalue weighted by atomic mass is 32.2. The maximum Gasteiger partial charge on any atom is 0.307 e. The lowest BCUT2D eigenvalue weighted by atomic mass is 9.92. The first kappa shape index (κ1) is 24.6. The molecule has 31 heavy (non-hydrogen) atoms. The van der Waals surface area contributed by atoms with Crippen molar-refractivity contribution in [2.45, 2.75) is 52.5 Å². The topological polar surface area (TPSA) is 98.8 Å². The molecule has 0 aromatic heterocycles. The van der Waals surface area contributed by atoms with E-state index in [2.05, 4.69) is 4.72 Å². The largest absolute Gasteiger partial charge is 0.494 e. The zero-order valence-corrected chi connectivity index (χ0v) is 19.4. The maximum absolute atomic E-state index is 12.3. The number of hydrogen-bond donors (Lipinski definition) is 1. The van der Waals surface area contributed by atoms with Crippen molar-refractivity contribution in [2.24, 2.45) is 0 Å². The predicted molar refractivity (Wildman–Crippen MR) is 118 cm³/mol. The average Bonchev–Trinajstić information content (AvgIpc) is 2.67. The summed E-state index contributed by atoms with van der Waals surface area (Å²) in [5.74, 6) is 0.0177. The molecule has 0 amide bonds. The van der Waals surface area contributed by atoms with Crippen LogP contribution in [0.3, 0.4) is 0 Å². The van der Waals surface area contributed by atoms with Crippen LogP contribution in [0.2, 0.25) is 0 Å². The second-order valence-corrected chi connectivity index (χ2v) is 9.02. The van der Waals surface area contributed by atoms with Crippen LogP contribution in [-0.4, -0.2) is 33.3 Å². The van der Waals surface area contributed by atoms with Crippen LogP contribution in [0.4, 0.5) is 0 Å². The van der Waals surface area contributed by atoms with Gasteiger partial charge in [-0.05, 0) is 81.1 Å². The molecule has 0 unspecified atom stereocenters. The third-order valence-corrected chi connectivity index (χ3v) is 6.40. The Morgan fingerprint density at radius 3 is 2.26 bits per heavy atom. The number of esters is 1. The summed E-state index contributed by atoms with van der Waals surface area (Å²) in [4.78, 5) is 24.1. The third-order valence-electron chi connectivity index (χ3n) is 4.93. The molecule has 0 aliphatic heterocycles. The summed E-state index contributed by atoms with van der Waals surface area (Å²) >= 11 is 0. The smallest absolute Gasteiger partial charge is 0.307 e. The number of rotatable bonds is 10. The second kappa shape index (κ2) is 10.5. The summed E-state index contributed by atoms with van der Waals surface area (Å²) in [7, 11) is -3.74. The number of hydrogen-bond acceptors (Lipinski definition) is 6. The molecule has 0 atom stereocenters. The van der Waals surface area contributed by atoms with Crippen LogP contribution in [0.15, 0.2) is 35.2 Å². The molecule has 0 aliphatic carbocycles. The molecule has 8 heteroatoms. The van der Waals surface area contributed by atoms with Gasteiger partial charge in [0.15, 0.2) is 5.78 Å². The van der Waals surface area contributed by atoms with Gasteiger partial charge in [-0.2, -0.15) is 0 Å². The van der Waals surface area contributed by atoms with Gasteiger partial charge in [-0.15, -0.1) is 0 Å². The van der Waals surface area contributed by atoms with Crippen LogP contribution in [0, 0.1) is 20.8 Å². The van der Waals surface area contributed by atoms with Crippen LogP contribution in [0.1, 0.15) is 52.9 Å². The summed E-state index contributed by atoms with van der Waals surface area (Å²) in [6.07, 6.45) is -0.111. The number of nitrogens with one attached hydrogen (secondary N) is 1. The quantitative estimate of drug-likeness (QED) is 0.441. The second-order valence-electron chi connectivity index (χ2n) is 7.26. The first-order chi connectivity index (χ1) is 14.6. The molecule has 1 N–H and O–H groups in total. The molecular formula is C23H29NO6S. The lowest BCUT2D eigenvalue weighted by molar-refractivity contribution is -0.144. The van der Waals surface area contributed by atoms with Crippen molar-refractivity contribution in [2.75, 3.05) is 13.2 Å². The molecule has 2 aromatic rings. The number of Topliss-reactive ketones (excluding diaryl/α,β-unsaturated/α-hetero) is 1. The number of ether oxygens (including phenoxy) is 2. The number of benzene rings is 2. The van der Waals surface area contributed by atoms with Gasteiger partial charge in [0.25, 0.3) is 0 Å². The number of ketones is 1. The Morgan fingerprint density at radius 2 is 1.68 bits per heavy atom. The van der Waals surface area contributed by atoms with Gasteiger partial charge in [-0.3, -0.25) is 9.59 Å². The minimum atomic E-state index is -3.74. The zero-order chi connectivity index (χ0) is 23.2. The van der Waals surface area contributed by atoms with E-state index in [1.165, 1.54) is 19.1 Å². The van der Waals surface area contributed by atoms with Crippen molar-refractivity contribution >= 4 is 21.8 Å². The first-order valence-corrected chi connectivity index (χ1v) is 11.5. The van der Waals surface area contributed by atoms with Gasteiger partial charge in [-0.1, -0.05) is 6.07 Å². The van der Waals surface area contributed by atoms with Gasteiger partial charge in [0.2, 0.25) is 10.0 Å². The fourth-order valence-electron chi connectivity index (χ4n) is 3.47. The summed E-state index contributed by atoms with van der Waals surface area (Å²) in [6.45, 7) is 9.41. The molecular weight excluding hydrogens is 418 g/mol. The highest BCUT2D eigenvalue weighted by Gasteiger charge is 2.17. The molecule has 0 radical (unpaired) electrons.